The summed E-state index contributed by atoms with van der Waals surface area (Å²) in [6.45, 7) is 4.53. The summed E-state index contributed by atoms with van der Waals surface area (Å²) < 4.78 is 2.04. The molecule has 180 valence electrons. The summed E-state index contributed by atoms with van der Waals surface area (Å²) in [6, 6.07) is 13.9. The van der Waals surface area contributed by atoms with Crippen LogP contribution in [0.5, 0.6) is 0 Å². The summed E-state index contributed by atoms with van der Waals surface area (Å²) in [4.78, 5) is 30.1. The molecule has 9 heteroatoms. The highest BCUT2D eigenvalue weighted by Crippen LogP contribution is 2.28. The Morgan fingerprint density at radius 3 is 2.42 bits per heavy atom. The number of aryl methyl sites for hydroxylation is 1. The minimum Gasteiger partial charge on any atom is -0.355 e. The van der Waals surface area contributed by atoms with Crippen LogP contribution in [-0.2, 0) is 6.54 Å². The van der Waals surface area contributed by atoms with Gasteiger partial charge in [-0.2, -0.15) is 9.97 Å². The summed E-state index contributed by atoms with van der Waals surface area (Å²) in [5.74, 6) is 2.13. The van der Waals surface area contributed by atoms with Crippen LogP contribution >= 0.6 is 0 Å². The van der Waals surface area contributed by atoms with E-state index in [1.165, 1.54) is 6.42 Å². The predicted octanol–water partition coefficient (Wildman–Crippen LogP) is 4.77. The van der Waals surface area contributed by atoms with Crippen LogP contribution in [0.4, 0.5) is 17.5 Å². The van der Waals surface area contributed by atoms with Gasteiger partial charge in [-0.1, -0.05) is 6.07 Å². The third-order valence-corrected chi connectivity index (χ3v) is 6.34. The smallest absolute Gasteiger partial charge is 0.231 e. The fourth-order valence-electron chi connectivity index (χ4n) is 4.47. The molecule has 0 bridgehead atoms. The van der Waals surface area contributed by atoms with E-state index in [1.54, 1.807) is 6.20 Å². The summed E-state index contributed by atoms with van der Waals surface area (Å²) in [7, 11) is 0. The average molecular weight is 478 g/mol. The van der Waals surface area contributed by atoms with Gasteiger partial charge in [-0.15, -0.1) is 0 Å². The number of rotatable bonds is 6. The van der Waals surface area contributed by atoms with E-state index in [-0.39, 0.29) is 0 Å². The maximum absolute atomic E-state index is 4.92. The Bertz CT molecular complexity index is 1460. The van der Waals surface area contributed by atoms with Crippen molar-refractivity contribution in [1.29, 1.82) is 0 Å². The van der Waals surface area contributed by atoms with Gasteiger partial charge in [0.25, 0.3) is 0 Å². The Kier molecular flexibility index (Phi) is 5.95. The lowest BCUT2D eigenvalue weighted by Crippen LogP contribution is -2.30. The van der Waals surface area contributed by atoms with Gasteiger partial charge in [0.05, 0.1) is 18.6 Å². The molecule has 0 aliphatic carbocycles. The van der Waals surface area contributed by atoms with E-state index in [9.17, 15) is 0 Å². The number of pyridine rings is 1. The van der Waals surface area contributed by atoms with Crippen LogP contribution in [0.2, 0.25) is 0 Å². The van der Waals surface area contributed by atoms with Gasteiger partial charge in [-0.3, -0.25) is 4.98 Å². The highest BCUT2D eigenvalue weighted by atomic mass is 15.3. The molecule has 4 aromatic heterocycles. The minimum atomic E-state index is 0.546. The van der Waals surface area contributed by atoms with E-state index in [4.69, 9.17) is 15.0 Å². The number of benzene rings is 1. The van der Waals surface area contributed by atoms with Gasteiger partial charge in [0.1, 0.15) is 0 Å². The molecule has 0 unspecified atom stereocenters. The van der Waals surface area contributed by atoms with Gasteiger partial charge in [0.2, 0.25) is 5.95 Å². The van der Waals surface area contributed by atoms with E-state index in [1.807, 2.05) is 72.7 Å². The number of imidazole rings is 1. The molecule has 0 radical (unpaired) electrons. The maximum atomic E-state index is 4.92. The molecular formula is C27H27N9. The van der Waals surface area contributed by atoms with Crippen molar-refractivity contribution in [3.8, 4) is 11.4 Å². The van der Waals surface area contributed by atoms with E-state index < -0.39 is 0 Å². The van der Waals surface area contributed by atoms with Gasteiger partial charge in [-0.25, -0.2) is 15.0 Å². The molecule has 6 rings (SSSR count). The summed E-state index contributed by atoms with van der Waals surface area (Å²) >= 11 is 0. The zero-order chi connectivity index (χ0) is 24.3. The second kappa shape index (κ2) is 9.69. The Hall–Kier alpha value is -4.40. The van der Waals surface area contributed by atoms with Crippen LogP contribution in [0, 0.1) is 6.92 Å². The third-order valence-electron chi connectivity index (χ3n) is 6.34. The molecule has 36 heavy (non-hydrogen) atoms. The largest absolute Gasteiger partial charge is 0.355 e. The molecule has 1 saturated heterocycles. The Labute approximate surface area is 209 Å². The number of aromatic nitrogens is 7. The number of hydrogen-bond acceptors (Lipinski definition) is 8. The Morgan fingerprint density at radius 2 is 1.67 bits per heavy atom. The van der Waals surface area contributed by atoms with Crippen molar-refractivity contribution in [3.05, 3.63) is 78.6 Å². The molecule has 1 aliphatic heterocycles. The van der Waals surface area contributed by atoms with Gasteiger partial charge in [-0.05, 0) is 68.1 Å². The number of hydrogen-bond donors (Lipinski definition) is 1. The maximum Gasteiger partial charge on any atom is 0.231 e. The normalized spacial score (nSPS) is 13.8. The number of piperidine rings is 1. The standard InChI is InChI=1S/C27H27N9/c1-19-15-29-24(30-16-19)20-8-10-21(11-9-20)32-27-33-25(35-13-5-2-6-14-35)23-26(34-27)36(18-31-23)17-22-7-3-4-12-28-22/h3-4,7-12,15-16,18H,2,5-6,13-14,17H2,1H3,(H,32,33,34). The van der Waals surface area contributed by atoms with E-state index in [0.29, 0.717) is 18.3 Å². The van der Waals surface area contributed by atoms with Crippen molar-refractivity contribution in [2.24, 2.45) is 0 Å². The van der Waals surface area contributed by atoms with E-state index in [2.05, 4.69) is 25.2 Å². The monoisotopic (exact) mass is 477 g/mol. The Morgan fingerprint density at radius 1 is 0.861 bits per heavy atom. The van der Waals surface area contributed by atoms with Gasteiger partial charge < -0.3 is 14.8 Å². The quantitative estimate of drug-likeness (QED) is 0.374. The van der Waals surface area contributed by atoms with Crippen LogP contribution in [-0.4, -0.2) is 47.6 Å². The molecule has 1 fully saturated rings. The fraction of sp³-hybridized carbons (Fsp3) is 0.259. The lowest BCUT2D eigenvalue weighted by molar-refractivity contribution is 0.574. The van der Waals surface area contributed by atoms with Crippen LogP contribution < -0.4 is 10.2 Å². The number of fused-ring (bicyclic) bond motifs is 1. The fourth-order valence-corrected chi connectivity index (χ4v) is 4.47. The van der Waals surface area contributed by atoms with Gasteiger partial charge >= 0.3 is 0 Å². The van der Waals surface area contributed by atoms with Crippen LogP contribution in [0.15, 0.2) is 67.4 Å². The Balaban J connectivity index is 1.34. The predicted molar refractivity (Wildman–Crippen MR) is 140 cm³/mol. The van der Waals surface area contributed by atoms with Crippen molar-refractivity contribution >= 4 is 28.6 Å². The molecule has 1 N–H and O–H groups in total. The van der Waals surface area contributed by atoms with Crippen molar-refractivity contribution < 1.29 is 0 Å². The summed E-state index contributed by atoms with van der Waals surface area (Å²) in [5, 5.41) is 3.40. The lowest BCUT2D eigenvalue weighted by Gasteiger charge is -2.28. The number of nitrogens with zero attached hydrogens (tertiary/aromatic N) is 8. The van der Waals surface area contributed by atoms with Crippen molar-refractivity contribution in [2.45, 2.75) is 32.7 Å². The van der Waals surface area contributed by atoms with Gasteiger partial charge in [0, 0.05) is 42.9 Å². The first kappa shape index (κ1) is 22.1. The topological polar surface area (TPSA) is 97.5 Å². The lowest BCUT2D eigenvalue weighted by atomic mass is 10.1. The molecule has 0 amide bonds. The first-order chi connectivity index (χ1) is 17.7. The van der Waals surface area contributed by atoms with Crippen LogP contribution in [0.25, 0.3) is 22.6 Å². The summed E-state index contributed by atoms with van der Waals surface area (Å²) in [6.07, 6.45) is 10.9. The third kappa shape index (κ3) is 4.59. The van der Waals surface area contributed by atoms with Crippen molar-refractivity contribution in [2.75, 3.05) is 23.3 Å². The molecule has 0 spiro atoms. The van der Waals surface area contributed by atoms with Crippen LogP contribution in [0.3, 0.4) is 0 Å². The molecule has 1 aliphatic rings. The second-order valence-electron chi connectivity index (χ2n) is 9.07. The molecule has 0 atom stereocenters. The molecule has 0 saturated carbocycles. The highest BCUT2D eigenvalue weighted by molar-refractivity contribution is 5.85. The molecule has 9 nitrogen and oxygen atoms in total. The highest BCUT2D eigenvalue weighted by Gasteiger charge is 2.20. The van der Waals surface area contributed by atoms with Crippen LogP contribution in [0.1, 0.15) is 30.5 Å². The molecule has 5 heterocycles. The zero-order valence-corrected chi connectivity index (χ0v) is 20.2. The first-order valence-electron chi connectivity index (χ1n) is 12.3. The SMILES string of the molecule is Cc1cnc(-c2ccc(Nc3nc(N4CCCCC4)c4ncn(Cc5ccccn5)c4n3)cc2)nc1. The zero-order valence-electron chi connectivity index (χ0n) is 20.2. The van der Waals surface area contributed by atoms with E-state index >= 15 is 0 Å². The molecule has 5 aromatic rings. The molecular weight excluding hydrogens is 450 g/mol. The van der Waals surface area contributed by atoms with E-state index in [0.717, 1.165) is 65.4 Å². The minimum absolute atomic E-state index is 0.546. The average Bonchev–Trinajstić information content (AvgIpc) is 3.33. The second-order valence-corrected chi connectivity index (χ2v) is 9.07. The first-order valence-corrected chi connectivity index (χ1v) is 12.3. The molecule has 1 aromatic carbocycles. The summed E-state index contributed by atoms with van der Waals surface area (Å²) in [5.41, 5.74) is 5.47. The number of anilines is 3. The van der Waals surface area contributed by atoms with Gasteiger partial charge in [0.15, 0.2) is 22.8 Å². The van der Waals surface area contributed by atoms with Crippen molar-refractivity contribution in [3.63, 3.8) is 0 Å². The van der Waals surface area contributed by atoms with Crippen molar-refractivity contribution in [1.82, 2.24) is 34.5 Å². The number of nitrogens with one attached hydrogen (secondary N) is 1.